The quantitative estimate of drug-likeness (QED) is 0.854. The van der Waals surface area contributed by atoms with Crippen LogP contribution in [0.2, 0.25) is 0 Å². The number of nitrogens with two attached hydrogens (primary N) is 1. The summed E-state index contributed by atoms with van der Waals surface area (Å²) in [6, 6.07) is 4.30. The van der Waals surface area contributed by atoms with Gasteiger partial charge in [-0.05, 0) is 31.5 Å². The van der Waals surface area contributed by atoms with Gasteiger partial charge < -0.3 is 20.5 Å². The largest absolute Gasteiger partial charge is 0.479 e. The molecule has 2 aliphatic rings. The number of hydrogen-bond donors (Lipinski definition) is 2. The van der Waals surface area contributed by atoms with Gasteiger partial charge in [-0.1, -0.05) is 0 Å². The number of nitrogens with one attached hydrogen (secondary N) is 1. The zero-order valence-corrected chi connectivity index (χ0v) is 11.8. The molecule has 3 heterocycles. The fourth-order valence-corrected chi connectivity index (χ4v) is 2.94. The second kappa shape index (κ2) is 5.85. The van der Waals surface area contributed by atoms with E-state index in [-0.39, 0.29) is 6.10 Å². The molecule has 6 heteroatoms. The van der Waals surface area contributed by atoms with Crippen LogP contribution in [0.15, 0.2) is 12.1 Å². The average molecular weight is 278 g/mol. The van der Waals surface area contributed by atoms with E-state index in [1.54, 1.807) is 13.2 Å². The molecule has 3 N–H and O–H groups in total. The van der Waals surface area contributed by atoms with Crippen molar-refractivity contribution in [3.05, 3.63) is 12.1 Å². The van der Waals surface area contributed by atoms with Gasteiger partial charge in [0.2, 0.25) is 5.88 Å². The molecule has 0 saturated carbocycles. The fraction of sp³-hybridized carbons (Fsp3) is 0.643. The van der Waals surface area contributed by atoms with Crippen LogP contribution >= 0.6 is 0 Å². The van der Waals surface area contributed by atoms with Gasteiger partial charge in [0.05, 0.1) is 25.5 Å². The number of methoxy groups -OCH3 is 1. The van der Waals surface area contributed by atoms with Crippen LogP contribution in [0.3, 0.4) is 0 Å². The maximum Gasteiger partial charge on any atom is 0.238 e. The number of fused-ring (bicyclic) bond motifs is 1. The van der Waals surface area contributed by atoms with Crippen LogP contribution in [0.1, 0.15) is 12.8 Å². The Morgan fingerprint density at radius 1 is 1.55 bits per heavy atom. The highest BCUT2D eigenvalue weighted by Crippen LogP contribution is 2.23. The minimum atomic E-state index is 0.217. The van der Waals surface area contributed by atoms with Gasteiger partial charge in [0.25, 0.3) is 0 Å². The Morgan fingerprint density at radius 3 is 3.30 bits per heavy atom. The van der Waals surface area contributed by atoms with Crippen molar-refractivity contribution in [3.8, 4) is 5.88 Å². The van der Waals surface area contributed by atoms with E-state index in [4.69, 9.17) is 15.2 Å². The molecular weight excluding hydrogens is 256 g/mol. The van der Waals surface area contributed by atoms with Crippen molar-refractivity contribution >= 4 is 11.5 Å². The summed E-state index contributed by atoms with van der Waals surface area (Å²) in [5.41, 5.74) is 6.30. The van der Waals surface area contributed by atoms with Crippen molar-refractivity contribution in [3.63, 3.8) is 0 Å². The monoisotopic (exact) mass is 278 g/mol. The third-order valence-corrected chi connectivity index (χ3v) is 4.06. The van der Waals surface area contributed by atoms with Crippen LogP contribution in [0.25, 0.3) is 0 Å². The molecule has 2 fully saturated rings. The molecule has 6 nitrogen and oxygen atoms in total. The predicted octanol–water partition coefficient (Wildman–Crippen LogP) is 0.947. The Bertz CT molecular complexity index is 468. The minimum Gasteiger partial charge on any atom is -0.479 e. The molecule has 3 rings (SSSR count). The van der Waals surface area contributed by atoms with Crippen LogP contribution in [-0.2, 0) is 4.74 Å². The van der Waals surface area contributed by atoms with E-state index in [0.717, 1.165) is 25.5 Å². The summed E-state index contributed by atoms with van der Waals surface area (Å²) in [5.74, 6) is 1.22. The van der Waals surface area contributed by atoms with Crippen molar-refractivity contribution in [2.24, 2.45) is 0 Å². The van der Waals surface area contributed by atoms with Crippen LogP contribution in [0, 0.1) is 0 Å². The number of anilines is 2. The van der Waals surface area contributed by atoms with Crippen molar-refractivity contribution in [2.75, 3.05) is 44.4 Å². The lowest BCUT2D eigenvalue weighted by molar-refractivity contribution is -0.0416. The Balaban J connectivity index is 1.54. The zero-order chi connectivity index (χ0) is 13.9. The molecule has 0 aromatic carbocycles. The van der Waals surface area contributed by atoms with E-state index in [0.29, 0.717) is 17.6 Å². The highest BCUT2D eigenvalue weighted by molar-refractivity contribution is 5.53. The Labute approximate surface area is 119 Å². The van der Waals surface area contributed by atoms with Gasteiger partial charge in [0.15, 0.2) is 0 Å². The Hall–Kier alpha value is -1.53. The Morgan fingerprint density at radius 2 is 2.45 bits per heavy atom. The van der Waals surface area contributed by atoms with E-state index in [1.165, 1.54) is 19.4 Å². The highest BCUT2D eigenvalue weighted by atomic mass is 16.5. The number of nitrogens with zero attached hydrogens (tertiary/aromatic N) is 2. The summed E-state index contributed by atoms with van der Waals surface area (Å²) in [6.45, 7) is 3.82. The number of rotatable bonds is 4. The van der Waals surface area contributed by atoms with Gasteiger partial charge in [-0.2, -0.15) is 4.98 Å². The van der Waals surface area contributed by atoms with Gasteiger partial charge in [0, 0.05) is 19.1 Å². The number of hydrogen-bond acceptors (Lipinski definition) is 6. The summed E-state index contributed by atoms with van der Waals surface area (Å²) < 4.78 is 11.0. The van der Waals surface area contributed by atoms with Gasteiger partial charge in [-0.3, -0.25) is 4.90 Å². The van der Waals surface area contributed by atoms with Gasteiger partial charge in [-0.15, -0.1) is 0 Å². The van der Waals surface area contributed by atoms with Gasteiger partial charge >= 0.3 is 0 Å². The van der Waals surface area contributed by atoms with Crippen LogP contribution in [0.5, 0.6) is 5.88 Å². The van der Waals surface area contributed by atoms with Crippen molar-refractivity contribution in [1.82, 2.24) is 9.88 Å². The standard InChI is InChI=1S/C14H22N4O2/c1-19-14-12(15)4-5-13(17-14)16-7-11-8-18-6-2-3-10(18)9-20-11/h4-5,10-11H,2-3,6-9,15H2,1H3,(H,16,17). The third kappa shape index (κ3) is 2.81. The molecular formula is C14H22N4O2. The number of ether oxygens (including phenoxy) is 2. The van der Waals surface area contributed by atoms with Crippen LogP contribution in [0.4, 0.5) is 11.5 Å². The van der Waals surface area contributed by atoms with Crippen molar-refractivity contribution in [2.45, 2.75) is 25.0 Å². The molecule has 2 saturated heterocycles. The first-order valence-corrected chi connectivity index (χ1v) is 7.16. The lowest BCUT2D eigenvalue weighted by Crippen LogP contribution is -2.48. The molecule has 0 amide bonds. The molecule has 0 spiro atoms. The summed E-state index contributed by atoms with van der Waals surface area (Å²) in [4.78, 5) is 6.85. The lowest BCUT2D eigenvalue weighted by atomic mass is 10.2. The first kappa shape index (κ1) is 13.5. The molecule has 0 aliphatic carbocycles. The maximum absolute atomic E-state index is 5.91. The minimum absolute atomic E-state index is 0.217. The summed E-state index contributed by atoms with van der Waals surface area (Å²) in [5, 5.41) is 3.30. The van der Waals surface area contributed by atoms with Gasteiger partial charge in [0.1, 0.15) is 5.82 Å². The predicted molar refractivity (Wildman–Crippen MR) is 78.0 cm³/mol. The zero-order valence-electron chi connectivity index (χ0n) is 11.8. The van der Waals surface area contributed by atoms with Crippen LogP contribution in [-0.4, -0.2) is 55.4 Å². The third-order valence-electron chi connectivity index (χ3n) is 4.06. The van der Waals surface area contributed by atoms with E-state index in [1.807, 2.05) is 6.07 Å². The second-order valence-electron chi connectivity index (χ2n) is 5.42. The van der Waals surface area contributed by atoms with E-state index in [2.05, 4.69) is 15.2 Å². The topological polar surface area (TPSA) is 72.6 Å². The summed E-state index contributed by atoms with van der Waals surface area (Å²) in [7, 11) is 1.57. The van der Waals surface area contributed by atoms with Gasteiger partial charge in [-0.25, -0.2) is 0 Å². The van der Waals surface area contributed by atoms with E-state index < -0.39 is 0 Å². The Kier molecular flexibility index (Phi) is 3.93. The van der Waals surface area contributed by atoms with E-state index >= 15 is 0 Å². The molecule has 110 valence electrons. The number of pyridine rings is 1. The van der Waals surface area contributed by atoms with Crippen molar-refractivity contribution in [1.29, 1.82) is 0 Å². The second-order valence-corrected chi connectivity index (χ2v) is 5.42. The summed E-state index contributed by atoms with van der Waals surface area (Å²) in [6.07, 6.45) is 2.79. The number of morpholine rings is 1. The molecule has 0 bridgehead atoms. The first-order chi connectivity index (χ1) is 9.76. The molecule has 20 heavy (non-hydrogen) atoms. The smallest absolute Gasteiger partial charge is 0.238 e. The summed E-state index contributed by atoms with van der Waals surface area (Å²) >= 11 is 0. The fourth-order valence-electron chi connectivity index (χ4n) is 2.94. The highest BCUT2D eigenvalue weighted by Gasteiger charge is 2.31. The molecule has 2 atom stereocenters. The van der Waals surface area contributed by atoms with Crippen molar-refractivity contribution < 1.29 is 9.47 Å². The number of nitrogen functional groups attached to an aromatic ring is 1. The average Bonchev–Trinajstić information content (AvgIpc) is 2.94. The normalized spacial score (nSPS) is 26.2. The molecule has 0 radical (unpaired) electrons. The van der Waals surface area contributed by atoms with E-state index in [9.17, 15) is 0 Å². The molecule has 1 aromatic rings. The SMILES string of the molecule is COc1nc(NCC2CN3CCCC3CO2)ccc1N. The maximum atomic E-state index is 5.91. The van der Waals surface area contributed by atoms with Crippen LogP contribution < -0.4 is 15.8 Å². The molecule has 1 aromatic heterocycles. The lowest BCUT2D eigenvalue weighted by Gasteiger charge is -2.35. The molecule has 2 unspecified atom stereocenters. The number of aromatic nitrogens is 1. The molecule has 2 aliphatic heterocycles. The first-order valence-electron chi connectivity index (χ1n) is 7.16.